The Balaban J connectivity index is 2.80. The van der Waals surface area contributed by atoms with Crippen LogP contribution in [0.15, 0.2) is 24.3 Å². The van der Waals surface area contributed by atoms with E-state index in [4.69, 9.17) is 16.7 Å². The molecule has 2 N–H and O–H groups in total. The summed E-state index contributed by atoms with van der Waals surface area (Å²) < 4.78 is 0. The van der Waals surface area contributed by atoms with E-state index in [2.05, 4.69) is 19.2 Å². The second kappa shape index (κ2) is 4.78. The van der Waals surface area contributed by atoms with E-state index in [1.54, 1.807) is 0 Å². The van der Waals surface area contributed by atoms with Gasteiger partial charge in [0.05, 0.1) is 6.61 Å². The molecule has 0 aliphatic heterocycles. The van der Waals surface area contributed by atoms with Crippen molar-refractivity contribution in [2.45, 2.75) is 19.4 Å². The molecule has 3 heteroatoms. The van der Waals surface area contributed by atoms with Crippen molar-refractivity contribution in [2.75, 3.05) is 13.2 Å². The van der Waals surface area contributed by atoms with Crippen LogP contribution in [-0.2, 0) is 5.54 Å². The van der Waals surface area contributed by atoms with Crippen molar-refractivity contribution < 1.29 is 5.11 Å². The lowest BCUT2D eigenvalue weighted by Gasteiger charge is -2.26. The van der Waals surface area contributed by atoms with Crippen LogP contribution in [-0.4, -0.2) is 18.3 Å². The smallest absolute Gasteiger partial charge is 0.0556 e. The highest BCUT2D eigenvalue weighted by Gasteiger charge is 2.18. The Kier molecular flexibility index (Phi) is 3.93. The standard InChI is InChI=1S/C11H16ClNO/c1-11(2,13-6-7-14)9-4-3-5-10(12)8-9/h3-5,8,13-14H,6-7H2,1-2H3. The molecule has 0 spiro atoms. The number of aliphatic hydroxyl groups is 1. The minimum Gasteiger partial charge on any atom is -0.395 e. The minimum absolute atomic E-state index is 0.143. The highest BCUT2D eigenvalue weighted by atomic mass is 35.5. The van der Waals surface area contributed by atoms with Gasteiger partial charge in [0.1, 0.15) is 0 Å². The Hall–Kier alpha value is -0.570. The lowest BCUT2D eigenvalue weighted by Crippen LogP contribution is -2.38. The molecule has 0 aliphatic carbocycles. The van der Waals surface area contributed by atoms with Crippen LogP contribution < -0.4 is 5.32 Å². The lowest BCUT2D eigenvalue weighted by molar-refractivity contribution is 0.267. The molecule has 0 saturated heterocycles. The van der Waals surface area contributed by atoms with Crippen LogP contribution in [0.2, 0.25) is 5.02 Å². The molecule has 0 saturated carbocycles. The number of aliphatic hydroxyl groups excluding tert-OH is 1. The van der Waals surface area contributed by atoms with Gasteiger partial charge in [0.2, 0.25) is 0 Å². The van der Waals surface area contributed by atoms with Crippen LogP contribution in [0.3, 0.4) is 0 Å². The normalized spacial score (nSPS) is 11.7. The summed E-state index contributed by atoms with van der Waals surface area (Å²) in [7, 11) is 0. The van der Waals surface area contributed by atoms with E-state index < -0.39 is 0 Å². The Morgan fingerprint density at radius 2 is 2.14 bits per heavy atom. The predicted octanol–water partition coefficient (Wildman–Crippen LogP) is 2.16. The van der Waals surface area contributed by atoms with Gasteiger partial charge < -0.3 is 10.4 Å². The number of rotatable bonds is 4. The second-order valence-electron chi connectivity index (χ2n) is 3.79. The summed E-state index contributed by atoms with van der Waals surface area (Å²) >= 11 is 5.91. The van der Waals surface area contributed by atoms with Crippen LogP contribution in [0, 0.1) is 0 Å². The number of halogens is 1. The Morgan fingerprint density at radius 1 is 1.43 bits per heavy atom. The van der Waals surface area contributed by atoms with E-state index in [9.17, 15) is 0 Å². The third-order valence-electron chi connectivity index (χ3n) is 2.23. The van der Waals surface area contributed by atoms with Gasteiger partial charge in [-0.05, 0) is 31.5 Å². The average Bonchev–Trinajstić information content (AvgIpc) is 2.15. The van der Waals surface area contributed by atoms with Crippen LogP contribution in [0.4, 0.5) is 0 Å². The van der Waals surface area contributed by atoms with E-state index >= 15 is 0 Å². The molecule has 14 heavy (non-hydrogen) atoms. The molecule has 0 bridgehead atoms. The average molecular weight is 214 g/mol. The van der Waals surface area contributed by atoms with Crippen molar-refractivity contribution in [2.24, 2.45) is 0 Å². The van der Waals surface area contributed by atoms with E-state index in [1.165, 1.54) is 0 Å². The molecule has 0 fully saturated rings. The van der Waals surface area contributed by atoms with E-state index in [0.717, 1.165) is 10.6 Å². The molecule has 0 radical (unpaired) electrons. The van der Waals surface area contributed by atoms with Crippen molar-refractivity contribution in [3.63, 3.8) is 0 Å². The van der Waals surface area contributed by atoms with Gasteiger partial charge in [-0.1, -0.05) is 23.7 Å². The van der Waals surface area contributed by atoms with Crippen LogP contribution >= 0.6 is 11.6 Å². The Morgan fingerprint density at radius 3 is 2.71 bits per heavy atom. The fourth-order valence-corrected chi connectivity index (χ4v) is 1.54. The zero-order valence-corrected chi connectivity index (χ0v) is 9.30. The van der Waals surface area contributed by atoms with Gasteiger partial charge in [-0.15, -0.1) is 0 Å². The molecule has 0 amide bonds. The van der Waals surface area contributed by atoms with E-state index in [-0.39, 0.29) is 12.1 Å². The molecule has 2 nitrogen and oxygen atoms in total. The summed E-state index contributed by atoms with van der Waals surface area (Å²) in [6.07, 6.45) is 0. The summed E-state index contributed by atoms with van der Waals surface area (Å²) in [5.74, 6) is 0. The first-order chi connectivity index (χ1) is 6.56. The van der Waals surface area contributed by atoms with Gasteiger partial charge in [-0.2, -0.15) is 0 Å². The second-order valence-corrected chi connectivity index (χ2v) is 4.22. The zero-order valence-electron chi connectivity index (χ0n) is 8.55. The van der Waals surface area contributed by atoms with Crippen molar-refractivity contribution in [3.05, 3.63) is 34.9 Å². The maximum absolute atomic E-state index is 8.74. The van der Waals surface area contributed by atoms with Crippen LogP contribution in [0.1, 0.15) is 19.4 Å². The maximum Gasteiger partial charge on any atom is 0.0556 e. The Bertz CT molecular complexity index is 299. The molecular weight excluding hydrogens is 198 g/mol. The fraction of sp³-hybridized carbons (Fsp3) is 0.455. The third-order valence-corrected chi connectivity index (χ3v) is 2.46. The number of nitrogens with one attached hydrogen (secondary N) is 1. The quantitative estimate of drug-likeness (QED) is 0.804. The first-order valence-corrected chi connectivity index (χ1v) is 5.06. The molecule has 1 rings (SSSR count). The molecule has 1 aromatic rings. The summed E-state index contributed by atoms with van der Waals surface area (Å²) in [5.41, 5.74) is 0.964. The van der Waals surface area contributed by atoms with Gasteiger partial charge in [-0.25, -0.2) is 0 Å². The molecule has 0 atom stereocenters. The molecule has 78 valence electrons. The zero-order chi connectivity index (χ0) is 10.6. The summed E-state index contributed by atoms with van der Waals surface area (Å²) in [6, 6.07) is 7.75. The lowest BCUT2D eigenvalue weighted by atomic mass is 9.94. The van der Waals surface area contributed by atoms with Gasteiger partial charge >= 0.3 is 0 Å². The van der Waals surface area contributed by atoms with Crippen molar-refractivity contribution in [1.29, 1.82) is 0 Å². The topological polar surface area (TPSA) is 32.3 Å². The monoisotopic (exact) mass is 213 g/mol. The molecular formula is C11H16ClNO. The molecule has 1 aromatic carbocycles. The van der Waals surface area contributed by atoms with Crippen molar-refractivity contribution >= 4 is 11.6 Å². The van der Waals surface area contributed by atoms with Crippen molar-refractivity contribution in [3.8, 4) is 0 Å². The fourth-order valence-electron chi connectivity index (χ4n) is 1.35. The van der Waals surface area contributed by atoms with Crippen LogP contribution in [0.5, 0.6) is 0 Å². The Labute approximate surface area is 89.9 Å². The SMILES string of the molecule is CC(C)(NCCO)c1cccc(Cl)c1. The van der Waals surface area contributed by atoms with Gasteiger partial charge in [0.15, 0.2) is 0 Å². The predicted molar refractivity (Wildman–Crippen MR) is 59.6 cm³/mol. The van der Waals surface area contributed by atoms with E-state index in [0.29, 0.717) is 6.54 Å². The molecule has 0 aliphatic rings. The number of hydrogen-bond donors (Lipinski definition) is 2. The number of benzene rings is 1. The third kappa shape index (κ3) is 2.98. The summed E-state index contributed by atoms with van der Waals surface area (Å²) in [4.78, 5) is 0. The molecule has 0 heterocycles. The van der Waals surface area contributed by atoms with Gasteiger partial charge in [0.25, 0.3) is 0 Å². The van der Waals surface area contributed by atoms with Gasteiger partial charge in [-0.3, -0.25) is 0 Å². The molecule has 0 unspecified atom stereocenters. The van der Waals surface area contributed by atoms with Gasteiger partial charge in [0, 0.05) is 17.1 Å². The van der Waals surface area contributed by atoms with Crippen LogP contribution in [0.25, 0.3) is 0 Å². The largest absolute Gasteiger partial charge is 0.395 e. The highest BCUT2D eigenvalue weighted by Crippen LogP contribution is 2.22. The highest BCUT2D eigenvalue weighted by molar-refractivity contribution is 6.30. The first-order valence-electron chi connectivity index (χ1n) is 4.68. The maximum atomic E-state index is 8.74. The molecule has 0 aromatic heterocycles. The number of hydrogen-bond acceptors (Lipinski definition) is 2. The van der Waals surface area contributed by atoms with E-state index in [1.807, 2.05) is 24.3 Å². The summed E-state index contributed by atoms with van der Waals surface area (Å²) in [6.45, 7) is 4.85. The minimum atomic E-state index is -0.159. The first kappa shape index (κ1) is 11.5. The summed E-state index contributed by atoms with van der Waals surface area (Å²) in [5, 5.41) is 12.7. The van der Waals surface area contributed by atoms with Crippen molar-refractivity contribution in [1.82, 2.24) is 5.32 Å².